The van der Waals surface area contributed by atoms with Crippen LogP contribution in [-0.4, -0.2) is 18.2 Å². The summed E-state index contributed by atoms with van der Waals surface area (Å²) in [5.74, 6) is 2.29. The molecule has 2 aromatic carbocycles. The zero-order valence-electron chi connectivity index (χ0n) is 20.0. The largest absolute Gasteiger partial charge is 0.493 e. The standard InChI is InChI=1S/C27H28N2O6/c1-18-24(19(2)35-29-18)17-34-25-10-9-22(13-26(25)31-3)27(30)28-14-20-6-4-7-21(12-20)15-32-16-23-8-5-11-33-23/h4-13H,14-17H2,1-3H3,(H,28,30). The molecule has 0 aliphatic rings. The van der Waals surface area contributed by atoms with Gasteiger partial charge in [-0.3, -0.25) is 4.79 Å². The van der Waals surface area contributed by atoms with Crippen LogP contribution in [0.2, 0.25) is 0 Å². The Bertz CT molecular complexity index is 1240. The second kappa shape index (κ2) is 11.4. The van der Waals surface area contributed by atoms with Crippen LogP contribution < -0.4 is 14.8 Å². The first-order valence-electron chi connectivity index (χ1n) is 11.2. The van der Waals surface area contributed by atoms with E-state index in [1.54, 1.807) is 31.6 Å². The van der Waals surface area contributed by atoms with Crippen molar-refractivity contribution in [1.82, 2.24) is 10.5 Å². The summed E-state index contributed by atoms with van der Waals surface area (Å²) in [6.45, 7) is 5.25. The summed E-state index contributed by atoms with van der Waals surface area (Å²) in [5.41, 5.74) is 4.14. The first-order valence-corrected chi connectivity index (χ1v) is 11.2. The molecule has 1 N–H and O–H groups in total. The van der Waals surface area contributed by atoms with Crippen molar-refractivity contribution >= 4 is 5.91 Å². The fraction of sp³-hybridized carbons (Fsp3) is 0.259. The highest BCUT2D eigenvalue weighted by Gasteiger charge is 2.14. The summed E-state index contributed by atoms with van der Waals surface area (Å²) in [5, 5.41) is 6.88. The lowest BCUT2D eigenvalue weighted by Crippen LogP contribution is -2.22. The number of aromatic nitrogens is 1. The number of hydrogen-bond donors (Lipinski definition) is 1. The molecule has 0 aliphatic heterocycles. The molecular weight excluding hydrogens is 448 g/mol. The van der Waals surface area contributed by atoms with E-state index in [9.17, 15) is 4.79 Å². The molecule has 2 heterocycles. The van der Waals surface area contributed by atoms with Crippen LogP contribution in [-0.2, 0) is 31.1 Å². The van der Waals surface area contributed by atoms with Gasteiger partial charge in [0.2, 0.25) is 0 Å². The van der Waals surface area contributed by atoms with E-state index in [-0.39, 0.29) is 5.91 Å². The predicted molar refractivity (Wildman–Crippen MR) is 128 cm³/mol. The monoisotopic (exact) mass is 476 g/mol. The minimum absolute atomic E-state index is 0.208. The highest BCUT2D eigenvalue weighted by Crippen LogP contribution is 2.29. The lowest BCUT2D eigenvalue weighted by atomic mass is 10.1. The van der Waals surface area contributed by atoms with Crippen molar-refractivity contribution < 1.29 is 27.9 Å². The van der Waals surface area contributed by atoms with Gasteiger partial charge in [0.15, 0.2) is 11.5 Å². The molecular formula is C27H28N2O6. The molecule has 2 aromatic heterocycles. The van der Waals surface area contributed by atoms with Gasteiger partial charge in [-0.1, -0.05) is 29.4 Å². The minimum Gasteiger partial charge on any atom is -0.493 e. The number of furan rings is 1. The Morgan fingerprint density at radius 2 is 1.83 bits per heavy atom. The third kappa shape index (κ3) is 6.30. The zero-order chi connectivity index (χ0) is 24.6. The van der Waals surface area contributed by atoms with Gasteiger partial charge in [-0.25, -0.2) is 0 Å². The number of methoxy groups -OCH3 is 1. The van der Waals surface area contributed by atoms with Crippen molar-refractivity contribution in [2.24, 2.45) is 0 Å². The van der Waals surface area contributed by atoms with Crippen LogP contribution in [0.3, 0.4) is 0 Å². The average molecular weight is 477 g/mol. The Morgan fingerprint density at radius 3 is 2.57 bits per heavy atom. The number of hydrogen-bond acceptors (Lipinski definition) is 7. The Morgan fingerprint density at radius 1 is 0.971 bits per heavy atom. The average Bonchev–Trinajstić information content (AvgIpc) is 3.51. The smallest absolute Gasteiger partial charge is 0.251 e. The molecule has 4 rings (SSSR count). The molecule has 1 amide bonds. The summed E-state index contributed by atoms with van der Waals surface area (Å²) in [4.78, 5) is 12.8. The fourth-order valence-electron chi connectivity index (χ4n) is 3.56. The number of amides is 1. The van der Waals surface area contributed by atoms with Crippen molar-refractivity contribution in [3.8, 4) is 11.5 Å². The van der Waals surface area contributed by atoms with Crippen LogP contribution >= 0.6 is 0 Å². The van der Waals surface area contributed by atoms with Gasteiger partial charge in [0, 0.05) is 12.1 Å². The van der Waals surface area contributed by atoms with Crippen LogP contribution in [0.5, 0.6) is 11.5 Å². The van der Waals surface area contributed by atoms with E-state index in [4.69, 9.17) is 23.2 Å². The molecule has 0 unspecified atom stereocenters. The molecule has 182 valence electrons. The van der Waals surface area contributed by atoms with Crippen molar-refractivity contribution in [1.29, 1.82) is 0 Å². The van der Waals surface area contributed by atoms with Gasteiger partial charge in [-0.15, -0.1) is 0 Å². The van der Waals surface area contributed by atoms with E-state index in [2.05, 4.69) is 10.5 Å². The van der Waals surface area contributed by atoms with E-state index in [1.165, 1.54) is 0 Å². The summed E-state index contributed by atoms with van der Waals surface area (Å²) < 4.78 is 27.5. The maximum Gasteiger partial charge on any atom is 0.251 e. The van der Waals surface area contributed by atoms with Gasteiger partial charge >= 0.3 is 0 Å². The summed E-state index contributed by atoms with van der Waals surface area (Å²) in [7, 11) is 1.54. The Balaban J connectivity index is 1.32. The molecule has 0 aliphatic carbocycles. The first kappa shape index (κ1) is 24.1. The summed E-state index contributed by atoms with van der Waals surface area (Å²) >= 11 is 0. The number of nitrogens with one attached hydrogen (secondary N) is 1. The molecule has 8 heteroatoms. The van der Waals surface area contributed by atoms with Crippen LogP contribution in [0.15, 0.2) is 69.8 Å². The SMILES string of the molecule is COc1cc(C(=O)NCc2cccc(COCc3ccco3)c2)ccc1OCc1c(C)noc1C. The van der Waals surface area contributed by atoms with Gasteiger partial charge in [0.05, 0.1) is 31.2 Å². The summed E-state index contributed by atoms with van der Waals surface area (Å²) in [6.07, 6.45) is 1.62. The second-order valence-electron chi connectivity index (χ2n) is 8.03. The predicted octanol–water partition coefficient (Wildman–Crippen LogP) is 5.12. The van der Waals surface area contributed by atoms with Gasteiger partial charge in [0.1, 0.15) is 24.7 Å². The Labute approximate surface area is 203 Å². The minimum atomic E-state index is -0.208. The molecule has 4 aromatic rings. The number of rotatable bonds is 11. The third-order valence-electron chi connectivity index (χ3n) is 5.52. The molecule has 0 radical (unpaired) electrons. The molecule has 0 saturated carbocycles. The molecule has 0 fully saturated rings. The Kier molecular flexibility index (Phi) is 7.84. The summed E-state index contributed by atoms with van der Waals surface area (Å²) in [6, 6.07) is 16.7. The number of aryl methyl sites for hydroxylation is 2. The number of carbonyl (C=O) groups excluding carboxylic acids is 1. The van der Waals surface area contributed by atoms with Gasteiger partial charge in [-0.2, -0.15) is 0 Å². The van der Waals surface area contributed by atoms with Crippen molar-refractivity contribution in [3.05, 3.63) is 100 Å². The first-order chi connectivity index (χ1) is 17.0. The number of nitrogens with zero attached hydrogens (tertiary/aromatic N) is 1. The number of ether oxygens (including phenoxy) is 3. The molecule has 35 heavy (non-hydrogen) atoms. The molecule has 0 atom stereocenters. The van der Waals surface area contributed by atoms with E-state index >= 15 is 0 Å². The molecule has 0 bridgehead atoms. The number of benzene rings is 2. The maximum atomic E-state index is 12.8. The molecule has 0 spiro atoms. The molecule has 0 saturated heterocycles. The lowest BCUT2D eigenvalue weighted by molar-refractivity contribution is 0.0928. The third-order valence-corrected chi connectivity index (χ3v) is 5.52. The lowest BCUT2D eigenvalue weighted by Gasteiger charge is -2.13. The normalized spacial score (nSPS) is 10.8. The maximum absolute atomic E-state index is 12.8. The van der Waals surface area contributed by atoms with E-state index < -0.39 is 0 Å². The van der Waals surface area contributed by atoms with Crippen molar-refractivity contribution in [2.45, 2.75) is 40.2 Å². The van der Waals surface area contributed by atoms with Crippen molar-refractivity contribution in [3.63, 3.8) is 0 Å². The highest BCUT2D eigenvalue weighted by atomic mass is 16.5. The van der Waals surface area contributed by atoms with E-state index in [0.717, 1.165) is 28.1 Å². The van der Waals surface area contributed by atoms with Crippen LogP contribution in [0.25, 0.3) is 0 Å². The Hall–Kier alpha value is -4.04. The highest BCUT2D eigenvalue weighted by molar-refractivity contribution is 5.94. The number of carbonyl (C=O) groups is 1. The van der Waals surface area contributed by atoms with E-state index in [1.807, 2.05) is 50.2 Å². The van der Waals surface area contributed by atoms with Crippen LogP contribution in [0, 0.1) is 13.8 Å². The topological polar surface area (TPSA) is 96.0 Å². The van der Waals surface area contributed by atoms with Crippen molar-refractivity contribution in [2.75, 3.05) is 7.11 Å². The zero-order valence-corrected chi connectivity index (χ0v) is 20.0. The van der Waals surface area contributed by atoms with Crippen LogP contribution in [0.1, 0.15) is 44.3 Å². The second-order valence-corrected chi connectivity index (χ2v) is 8.03. The van der Waals surface area contributed by atoms with Gasteiger partial charge < -0.3 is 28.5 Å². The van der Waals surface area contributed by atoms with Gasteiger partial charge in [0.25, 0.3) is 5.91 Å². The van der Waals surface area contributed by atoms with Crippen LogP contribution in [0.4, 0.5) is 0 Å². The van der Waals surface area contributed by atoms with E-state index in [0.29, 0.717) is 49.2 Å². The van der Waals surface area contributed by atoms with Gasteiger partial charge in [-0.05, 0) is 55.3 Å². The fourth-order valence-corrected chi connectivity index (χ4v) is 3.56. The quantitative estimate of drug-likeness (QED) is 0.321. The molecule has 8 nitrogen and oxygen atoms in total.